The fourth-order valence-electron chi connectivity index (χ4n) is 2.21. The molecule has 0 atom stereocenters. The molecular formula is C17H19NO5. The lowest BCUT2D eigenvalue weighted by atomic mass is 10.1. The largest absolute Gasteiger partial charge is 0.508 e. The number of aromatic hydroxyl groups is 2. The van der Waals surface area contributed by atoms with E-state index < -0.39 is 0 Å². The van der Waals surface area contributed by atoms with Gasteiger partial charge in [-0.3, -0.25) is 4.79 Å². The Balaban J connectivity index is 2.19. The second-order valence-electron chi connectivity index (χ2n) is 5.02. The number of nitrogens with one attached hydrogen (secondary N) is 1. The lowest BCUT2D eigenvalue weighted by Gasteiger charge is -2.13. The molecule has 0 spiro atoms. The topological polar surface area (TPSA) is 88.0 Å². The maximum absolute atomic E-state index is 12.4. The van der Waals surface area contributed by atoms with Crippen LogP contribution in [0.25, 0.3) is 0 Å². The maximum Gasteiger partial charge on any atom is 0.255 e. The number of phenols is 2. The van der Waals surface area contributed by atoms with Crippen molar-refractivity contribution < 1.29 is 24.5 Å². The second kappa shape index (κ2) is 6.91. The Morgan fingerprint density at radius 1 is 1.09 bits per heavy atom. The van der Waals surface area contributed by atoms with Crippen molar-refractivity contribution in [3.05, 3.63) is 47.0 Å². The van der Waals surface area contributed by atoms with Crippen molar-refractivity contribution in [2.24, 2.45) is 0 Å². The number of carbonyl (C=O) groups is 1. The number of rotatable bonds is 5. The Bertz CT molecular complexity index is 727. The van der Waals surface area contributed by atoms with E-state index in [4.69, 9.17) is 9.47 Å². The normalized spacial score (nSPS) is 10.2. The highest BCUT2D eigenvalue weighted by atomic mass is 16.5. The Kier molecular flexibility index (Phi) is 4.95. The molecule has 0 saturated heterocycles. The summed E-state index contributed by atoms with van der Waals surface area (Å²) in [5.74, 6) is 0.586. The standard InChI is InChI=1S/C17H19NO5/c1-10-6-13(16(23-3)8-15(10)22-2)17(21)18-9-11-4-5-12(19)7-14(11)20/h4-8,19-20H,9H2,1-3H3,(H,18,21). The molecule has 0 heterocycles. The first-order valence-electron chi connectivity index (χ1n) is 6.98. The predicted octanol–water partition coefficient (Wildman–Crippen LogP) is 2.35. The number of hydrogen-bond acceptors (Lipinski definition) is 5. The summed E-state index contributed by atoms with van der Waals surface area (Å²) in [6.45, 7) is 1.96. The monoisotopic (exact) mass is 317 g/mol. The average molecular weight is 317 g/mol. The van der Waals surface area contributed by atoms with Crippen molar-refractivity contribution in [2.45, 2.75) is 13.5 Å². The third-order valence-corrected chi connectivity index (χ3v) is 3.47. The van der Waals surface area contributed by atoms with Gasteiger partial charge in [-0.05, 0) is 30.7 Å². The van der Waals surface area contributed by atoms with Gasteiger partial charge in [0, 0.05) is 24.2 Å². The lowest BCUT2D eigenvalue weighted by Crippen LogP contribution is -2.23. The van der Waals surface area contributed by atoms with Crippen LogP contribution in [0.15, 0.2) is 30.3 Å². The minimum atomic E-state index is -0.333. The second-order valence-corrected chi connectivity index (χ2v) is 5.02. The van der Waals surface area contributed by atoms with Crippen molar-refractivity contribution in [3.63, 3.8) is 0 Å². The fourth-order valence-corrected chi connectivity index (χ4v) is 2.21. The SMILES string of the molecule is COc1cc(OC)c(C(=O)NCc2ccc(O)cc2O)cc1C. The first-order chi connectivity index (χ1) is 11.0. The van der Waals surface area contributed by atoms with Crippen LogP contribution in [0.4, 0.5) is 0 Å². The van der Waals surface area contributed by atoms with Crippen LogP contribution in [0.3, 0.4) is 0 Å². The molecular weight excluding hydrogens is 298 g/mol. The molecule has 0 aliphatic carbocycles. The van der Waals surface area contributed by atoms with Crippen LogP contribution < -0.4 is 14.8 Å². The van der Waals surface area contributed by atoms with Crippen LogP contribution in [0, 0.1) is 6.92 Å². The number of aryl methyl sites for hydroxylation is 1. The van der Waals surface area contributed by atoms with Gasteiger partial charge >= 0.3 is 0 Å². The minimum absolute atomic E-state index is 0.0370. The molecule has 6 nitrogen and oxygen atoms in total. The van der Waals surface area contributed by atoms with E-state index in [0.29, 0.717) is 22.6 Å². The van der Waals surface area contributed by atoms with Gasteiger partial charge in [0.2, 0.25) is 0 Å². The summed E-state index contributed by atoms with van der Waals surface area (Å²) in [5.41, 5.74) is 1.69. The van der Waals surface area contributed by atoms with Crippen molar-refractivity contribution in [1.29, 1.82) is 0 Å². The molecule has 23 heavy (non-hydrogen) atoms. The van der Waals surface area contributed by atoms with Crippen molar-refractivity contribution in [1.82, 2.24) is 5.32 Å². The van der Waals surface area contributed by atoms with Gasteiger partial charge in [-0.2, -0.15) is 0 Å². The van der Waals surface area contributed by atoms with Crippen LogP contribution in [0.1, 0.15) is 21.5 Å². The molecule has 0 unspecified atom stereocenters. The maximum atomic E-state index is 12.4. The van der Waals surface area contributed by atoms with Gasteiger partial charge in [-0.1, -0.05) is 0 Å². The van der Waals surface area contributed by atoms with Crippen LogP contribution in [-0.4, -0.2) is 30.3 Å². The lowest BCUT2D eigenvalue weighted by molar-refractivity contribution is 0.0947. The Hall–Kier alpha value is -2.89. The zero-order valence-corrected chi connectivity index (χ0v) is 13.2. The number of carbonyl (C=O) groups excluding carboxylic acids is 1. The van der Waals surface area contributed by atoms with Crippen LogP contribution in [0.5, 0.6) is 23.0 Å². The third kappa shape index (κ3) is 3.66. The van der Waals surface area contributed by atoms with E-state index in [2.05, 4.69) is 5.32 Å². The Morgan fingerprint density at radius 3 is 2.39 bits per heavy atom. The minimum Gasteiger partial charge on any atom is -0.508 e. The number of amides is 1. The van der Waals surface area contributed by atoms with E-state index in [-0.39, 0.29) is 24.0 Å². The molecule has 0 aromatic heterocycles. The molecule has 2 aromatic carbocycles. The summed E-state index contributed by atoms with van der Waals surface area (Å²) < 4.78 is 10.4. The van der Waals surface area contributed by atoms with Gasteiger partial charge in [0.25, 0.3) is 5.91 Å². The van der Waals surface area contributed by atoms with Crippen molar-refractivity contribution in [2.75, 3.05) is 14.2 Å². The predicted molar refractivity (Wildman–Crippen MR) is 85.2 cm³/mol. The summed E-state index contributed by atoms with van der Waals surface area (Å²) in [6.07, 6.45) is 0. The highest BCUT2D eigenvalue weighted by molar-refractivity contribution is 5.97. The van der Waals surface area contributed by atoms with Gasteiger partial charge in [0.05, 0.1) is 19.8 Å². The molecule has 0 saturated carbocycles. The molecule has 1 amide bonds. The van der Waals surface area contributed by atoms with Crippen LogP contribution >= 0.6 is 0 Å². The average Bonchev–Trinajstić information content (AvgIpc) is 2.53. The molecule has 6 heteroatoms. The van der Waals surface area contributed by atoms with E-state index in [1.807, 2.05) is 6.92 Å². The van der Waals surface area contributed by atoms with Gasteiger partial charge in [0.1, 0.15) is 23.0 Å². The molecule has 2 rings (SSSR count). The summed E-state index contributed by atoms with van der Waals surface area (Å²) >= 11 is 0. The molecule has 0 fully saturated rings. The summed E-state index contributed by atoms with van der Waals surface area (Å²) in [5, 5.41) is 21.7. The number of hydrogen-bond donors (Lipinski definition) is 3. The molecule has 0 aliphatic heterocycles. The van der Waals surface area contributed by atoms with Crippen LogP contribution in [0.2, 0.25) is 0 Å². The summed E-state index contributed by atoms with van der Waals surface area (Å²) in [4.78, 5) is 12.4. The molecule has 2 aromatic rings. The van der Waals surface area contributed by atoms with E-state index in [1.165, 1.54) is 19.2 Å². The van der Waals surface area contributed by atoms with Gasteiger partial charge in [-0.15, -0.1) is 0 Å². The molecule has 0 radical (unpaired) electrons. The van der Waals surface area contributed by atoms with Crippen LogP contribution in [-0.2, 0) is 6.54 Å². The number of benzene rings is 2. The van der Waals surface area contributed by atoms with Gasteiger partial charge < -0.3 is 25.0 Å². The van der Waals surface area contributed by atoms with E-state index in [0.717, 1.165) is 5.56 Å². The summed E-state index contributed by atoms with van der Waals surface area (Å²) in [6, 6.07) is 7.55. The first-order valence-corrected chi connectivity index (χ1v) is 6.98. The first kappa shape index (κ1) is 16.5. The molecule has 3 N–H and O–H groups in total. The van der Waals surface area contributed by atoms with Crippen molar-refractivity contribution >= 4 is 5.91 Å². The van der Waals surface area contributed by atoms with Gasteiger partial charge in [0.15, 0.2) is 0 Å². The van der Waals surface area contributed by atoms with Crippen molar-refractivity contribution in [3.8, 4) is 23.0 Å². The third-order valence-electron chi connectivity index (χ3n) is 3.47. The Labute approximate surface area is 134 Å². The Morgan fingerprint density at radius 2 is 1.78 bits per heavy atom. The summed E-state index contributed by atoms with van der Waals surface area (Å²) in [7, 11) is 3.03. The zero-order chi connectivity index (χ0) is 17.0. The highest BCUT2D eigenvalue weighted by Crippen LogP contribution is 2.29. The number of ether oxygens (including phenoxy) is 2. The molecule has 122 valence electrons. The molecule has 0 bridgehead atoms. The van der Waals surface area contributed by atoms with E-state index in [1.54, 1.807) is 25.3 Å². The number of phenolic OH excluding ortho intramolecular Hbond substituents is 2. The number of methoxy groups -OCH3 is 2. The van der Waals surface area contributed by atoms with E-state index in [9.17, 15) is 15.0 Å². The van der Waals surface area contributed by atoms with E-state index >= 15 is 0 Å². The fraction of sp³-hybridized carbons (Fsp3) is 0.235. The zero-order valence-electron chi connectivity index (χ0n) is 13.2. The smallest absolute Gasteiger partial charge is 0.255 e. The quantitative estimate of drug-likeness (QED) is 0.788. The van der Waals surface area contributed by atoms with Gasteiger partial charge in [-0.25, -0.2) is 0 Å². The molecule has 0 aliphatic rings. The highest BCUT2D eigenvalue weighted by Gasteiger charge is 2.16.